The van der Waals surface area contributed by atoms with Crippen molar-refractivity contribution in [1.82, 2.24) is 0 Å². The van der Waals surface area contributed by atoms with E-state index in [1.54, 1.807) is 12.1 Å². The number of fused-ring (bicyclic) bond motifs is 1. The van der Waals surface area contributed by atoms with Crippen molar-refractivity contribution < 1.29 is 19.1 Å². The number of aliphatic hydroxyl groups excluding tert-OH is 1. The summed E-state index contributed by atoms with van der Waals surface area (Å²) in [5.41, 5.74) is 6.16. The molecule has 0 radical (unpaired) electrons. The smallest absolute Gasteiger partial charge is 0.336 e. The van der Waals surface area contributed by atoms with E-state index in [0.29, 0.717) is 24.2 Å². The van der Waals surface area contributed by atoms with Crippen molar-refractivity contribution >= 4 is 16.9 Å². The van der Waals surface area contributed by atoms with Crippen LogP contribution in [0.2, 0.25) is 0 Å². The molecule has 0 bridgehead atoms. The summed E-state index contributed by atoms with van der Waals surface area (Å²) in [6, 6.07) is 6.69. The lowest BCUT2D eigenvalue weighted by Gasteiger charge is -2.13. The maximum absolute atomic E-state index is 11.4. The fraction of sp³-hybridized carbons (Fsp3) is 0.375. The first-order valence-corrected chi connectivity index (χ1v) is 7.08. The number of amides is 1. The molecule has 1 heterocycles. The summed E-state index contributed by atoms with van der Waals surface area (Å²) < 4.78 is 10.7. The Hall–Kier alpha value is -2.34. The molecule has 1 amide bonds. The summed E-state index contributed by atoms with van der Waals surface area (Å²) >= 11 is 0. The summed E-state index contributed by atoms with van der Waals surface area (Å²) in [5.74, 6) is -0.308. The zero-order valence-electron chi connectivity index (χ0n) is 12.4. The quantitative estimate of drug-likeness (QED) is 0.752. The molecule has 3 N–H and O–H groups in total. The van der Waals surface area contributed by atoms with E-state index in [1.165, 1.54) is 6.07 Å². The lowest BCUT2D eigenvalue weighted by Crippen LogP contribution is -2.25. The molecule has 0 spiro atoms. The predicted octanol–water partition coefficient (Wildman–Crippen LogP) is 1.35. The Balaban J connectivity index is 2.06. The van der Waals surface area contributed by atoms with E-state index in [2.05, 4.69) is 0 Å². The summed E-state index contributed by atoms with van der Waals surface area (Å²) in [5, 5.41) is 9.73. The van der Waals surface area contributed by atoms with E-state index < -0.39 is 17.5 Å². The molecule has 2 aromatic rings. The van der Waals surface area contributed by atoms with Crippen LogP contribution in [0.5, 0.6) is 5.75 Å². The number of hydrogen-bond donors (Lipinski definition) is 2. The molecule has 2 rings (SSSR count). The summed E-state index contributed by atoms with van der Waals surface area (Å²) in [4.78, 5) is 22.6. The minimum absolute atomic E-state index is 0.0893. The summed E-state index contributed by atoms with van der Waals surface area (Å²) in [6.45, 7) is 2.04. The molecular weight excluding hydrogens is 286 g/mol. The highest BCUT2D eigenvalue weighted by Gasteiger charge is 2.14. The molecule has 1 aromatic carbocycles. The number of benzene rings is 1. The molecule has 1 aromatic heterocycles. The van der Waals surface area contributed by atoms with Gasteiger partial charge in [-0.1, -0.05) is 0 Å². The van der Waals surface area contributed by atoms with Crippen LogP contribution < -0.4 is 16.1 Å². The van der Waals surface area contributed by atoms with E-state index in [9.17, 15) is 9.59 Å². The van der Waals surface area contributed by atoms with Gasteiger partial charge in [0, 0.05) is 30.0 Å². The van der Waals surface area contributed by atoms with Crippen LogP contribution in [0.25, 0.3) is 11.0 Å². The lowest BCUT2D eigenvalue weighted by atomic mass is 10.0. The molecule has 118 valence electrons. The van der Waals surface area contributed by atoms with Crippen LogP contribution in [0, 0.1) is 12.8 Å². The Morgan fingerprint density at radius 2 is 2.14 bits per heavy atom. The number of nitrogens with two attached hydrogens (primary N) is 1. The average molecular weight is 305 g/mol. The number of aryl methyl sites for hydroxylation is 1. The van der Waals surface area contributed by atoms with Crippen molar-refractivity contribution in [1.29, 1.82) is 0 Å². The predicted molar refractivity (Wildman–Crippen MR) is 81.7 cm³/mol. The standard InChI is InChI=1S/C16H19NO5/c1-10-8-15(19)22-14-9-12(2-3-13(10)14)21-7-5-11(4-6-18)16(17)20/h2-3,8-9,11,18H,4-7H2,1H3,(H2,17,20). The molecule has 0 saturated heterocycles. The van der Waals surface area contributed by atoms with Gasteiger partial charge in [0.2, 0.25) is 5.91 Å². The molecule has 1 atom stereocenters. The van der Waals surface area contributed by atoms with Crippen molar-refractivity contribution in [3.05, 3.63) is 40.2 Å². The van der Waals surface area contributed by atoms with Crippen LogP contribution >= 0.6 is 0 Å². The minimum Gasteiger partial charge on any atom is -0.493 e. The fourth-order valence-electron chi connectivity index (χ4n) is 2.30. The second-order valence-electron chi connectivity index (χ2n) is 5.16. The Kier molecular flexibility index (Phi) is 5.16. The molecule has 6 heteroatoms. The van der Waals surface area contributed by atoms with Crippen LogP contribution in [0.15, 0.2) is 33.5 Å². The van der Waals surface area contributed by atoms with Crippen molar-refractivity contribution in [2.45, 2.75) is 19.8 Å². The maximum atomic E-state index is 11.4. The molecule has 0 aliphatic heterocycles. The van der Waals surface area contributed by atoms with Gasteiger partial charge in [-0.2, -0.15) is 0 Å². The van der Waals surface area contributed by atoms with E-state index in [-0.39, 0.29) is 13.2 Å². The first-order valence-electron chi connectivity index (χ1n) is 7.08. The summed E-state index contributed by atoms with van der Waals surface area (Å²) in [7, 11) is 0. The van der Waals surface area contributed by atoms with Gasteiger partial charge in [0.1, 0.15) is 11.3 Å². The largest absolute Gasteiger partial charge is 0.493 e. The zero-order valence-corrected chi connectivity index (χ0v) is 12.4. The maximum Gasteiger partial charge on any atom is 0.336 e. The van der Waals surface area contributed by atoms with Gasteiger partial charge in [-0.05, 0) is 37.5 Å². The van der Waals surface area contributed by atoms with Crippen molar-refractivity contribution in [2.24, 2.45) is 11.7 Å². The Morgan fingerprint density at radius 1 is 1.36 bits per heavy atom. The molecule has 0 saturated carbocycles. The van der Waals surface area contributed by atoms with Gasteiger partial charge in [-0.3, -0.25) is 4.79 Å². The Morgan fingerprint density at radius 3 is 2.82 bits per heavy atom. The minimum atomic E-state index is -0.446. The SMILES string of the molecule is Cc1cc(=O)oc2cc(OCCC(CCO)C(N)=O)ccc12. The van der Waals surface area contributed by atoms with Crippen LogP contribution in [0.1, 0.15) is 18.4 Å². The number of hydrogen-bond acceptors (Lipinski definition) is 5. The van der Waals surface area contributed by atoms with Gasteiger partial charge >= 0.3 is 5.63 Å². The number of primary amides is 1. The average Bonchev–Trinajstić information content (AvgIpc) is 2.45. The van der Waals surface area contributed by atoms with Gasteiger partial charge in [0.05, 0.1) is 6.61 Å². The number of aliphatic hydroxyl groups is 1. The molecule has 0 aliphatic rings. The molecule has 22 heavy (non-hydrogen) atoms. The van der Waals surface area contributed by atoms with Crippen molar-refractivity contribution in [3.63, 3.8) is 0 Å². The third kappa shape index (κ3) is 3.85. The Bertz CT molecular complexity index is 722. The van der Waals surface area contributed by atoms with E-state index in [0.717, 1.165) is 10.9 Å². The van der Waals surface area contributed by atoms with Gasteiger partial charge < -0.3 is 20.0 Å². The second kappa shape index (κ2) is 7.09. The third-order valence-corrected chi connectivity index (χ3v) is 3.54. The van der Waals surface area contributed by atoms with Gasteiger partial charge in [-0.15, -0.1) is 0 Å². The van der Waals surface area contributed by atoms with Gasteiger partial charge in [0.25, 0.3) is 0 Å². The van der Waals surface area contributed by atoms with E-state index in [4.69, 9.17) is 20.0 Å². The van der Waals surface area contributed by atoms with Gasteiger partial charge in [0.15, 0.2) is 0 Å². The lowest BCUT2D eigenvalue weighted by molar-refractivity contribution is -0.122. The highest BCUT2D eigenvalue weighted by atomic mass is 16.5. The van der Waals surface area contributed by atoms with E-state index >= 15 is 0 Å². The van der Waals surface area contributed by atoms with Gasteiger partial charge in [-0.25, -0.2) is 4.79 Å². The molecule has 0 fully saturated rings. The first-order chi connectivity index (χ1) is 10.5. The number of rotatable bonds is 7. The van der Waals surface area contributed by atoms with Crippen molar-refractivity contribution in [3.8, 4) is 5.75 Å². The zero-order chi connectivity index (χ0) is 16.1. The molecule has 6 nitrogen and oxygen atoms in total. The van der Waals surface area contributed by atoms with E-state index in [1.807, 2.05) is 13.0 Å². The monoisotopic (exact) mass is 305 g/mol. The number of carbonyl (C=O) groups is 1. The van der Waals surface area contributed by atoms with Crippen LogP contribution in [-0.4, -0.2) is 24.2 Å². The number of ether oxygens (including phenoxy) is 1. The molecule has 0 aliphatic carbocycles. The first kappa shape index (κ1) is 16.0. The Labute approximate surface area is 127 Å². The topological polar surface area (TPSA) is 103 Å². The summed E-state index contributed by atoms with van der Waals surface area (Å²) in [6.07, 6.45) is 0.746. The van der Waals surface area contributed by atoms with Crippen LogP contribution in [-0.2, 0) is 4.79 Å². The van der Waals surface area contributed by atoms with Crippen molar-refractivity contribution in [2.75, 3.05) is 13.2 Å². The third-order valence-electron chi connectivity index (χ3n) is 3.54. The normalized spacial score (nSPS) is 12.3. The molecule has 1 unspecified atom stereocenters. The highest BCUT2D eigenvalue weighted by molar-refractivity contribution is 5.81. The van der Waals surface area contributed by atoms with Crippen LogP contribution in [0.4, 0.5) is 0 Å². The number of carbonyl (C=O) groups excluding carboxylic acids is 1. The second-order valence-corrected chi connectivity index (χ2v) is 5.16. The highest BCUT2D eigenvalue weighted by Crippen LogP contribution is 2.22. The molecular formula is C16H19NO5. The fourth-order valence-corrected chi connectivity index (χ4v) is 2.30. The van der Waals surface area contributed by atoms with Crippen LogP contribution in [0.3, 0.4) is 0 Å².